The average molecular weight is 407 g/mol. The number of pyridine rings is 1. The molecule has 2 aromatic carbocycles. The van der Waals surface area contributed by atoms with E-state index in [2.05, 4.69) is 31.1 Å². The minimum atomic E-state index is -0.472. The molecule has 0 aliphatic rings. The Morgan fingerprint density at radius 1 is 1.10 bits per heavy atom. The molecule has 0 spiro atoms. The van der Waals surface area contributed by atoms with Crippen LogP contribution in [0.4, 0.5) is 5.69 Å². The van der Waals surface area contributed by atoms with Gasteiger partial charge in [-0.15, -0.1) is 0 Å². The highest BCUT2D eigenvalue weighted by molar-refractivity contribution is 5.97. The van der Waals surface area contributed by atoms with Gasteiger partial charge in [0.15, 0.2) is 0 Å². The SMILES string of the molecule is CCC(C)(C)c1cc(OC)c(C(C)C(=O)Nc2cnc3ccccc3c2)c(OC)c1. The van der Waals surface area contributed by atoms with Crippen molar-refractivity contribution in [1.82, 2.24) is 4.98 Å². The normalized spacial score (nSPS) is 12.5. The Morgan fingerprint density at radius 2 is 1.73 bits per heavy atom. The van der Waals surface area contributed by atoms with E-state index in [9.17, 15) is 4.79 Å². The van der Waals surface area contributed by atoms with Crippen molar-refractivity contribution in [3.05, 3.63) is 59.8 Å². The van der Waals surface area contributed by atoms with Crippen LogP contribution in [0.25, 0.3) is 10.9 Å². The molecule has 0 fully saturated rings. The molecule has 1 atom stereocenters. The number of methoxy groups -OCH3 is 2. The molecule has 1 amide bonds. The lowest BCUT2D eigenvalue weighted by Gasteiger charge is -2.27. The van der Waals surface area contributed by atoms with Crippen LogP contribution in [0.1, 0.15) is 51.2 Å². The molecule has 1 N–H and O–H groups in total. The zero-order valence-corrected chi connectivity index (χ0v) is 18.6. The maximum absolute atomic E-state index is 13.1. The fourth-order valence-electron chi connectivity index (χ4n) is 3.48. The van der Waals surface area contributed by atoms with Crippen molar-refractivity contribution in [2.24, 2.45) is 0 Å². The van der Waals surface area contributed by atoms with Gasteiger partial charge in [0.05, 0.1) is 37.5 Å². The van der Waals surface area contributed by atoms with Gasteiger partial charge in [-0.3, -0.25) is 9.78 Å². The molecule has 0 saturated carbocycles. The zero-order valence-electron chi connectivity index (χ0n) is 18.6. The van der Waals surface area contributed by atoms with Crippen molar-refractivity contribution in [1.29, 1.82) is 0 Å². The predicted octanol–water partition coefficient (Wildman–Crippen LogP) is 5.68. The van der Waals surface area contributed by atoms with E-state index < -0.39 is 5.92 Å². The quantitative estimate of drug-likeness (QED) is 0.548. The van der Waals surface area contributed by atoms with Crippen LogP contribution >= 0.6 is 0 Å². The molecule has 0 aliphatic carbocycles. The fourth-order valence-corrected chi connectivity index (χ4v) is 3.48. The number of benzene rings is 2. The van der Waals surface area contributed by atoms with Gasteiger partial charge < -0.3 is 14.8 Å². The van der Waals surface area contributed by atoms with Crippen LogP contribution < -0.4 is 14.8 Å². The van der Waals surface area contributed by atoms with Crippen molar-refractivity contribution < 1.29 is 14.3 Å². The summed E-state index contributed by atoms with van der Waals surface area (Å²) >= 11 is 0. The Balaban J connectivity index is 1.94. The number of rotatable bonds is 7. The van der Waals surface area contributed by atoms with Gasteiger partial charge in [-0.25, -0.2) is 0 Å². The summed E-state index contributed by atoms with van der Waals surface area (Å²) in [6.45, 7) is 8.38. The largest absolute Gasteiger partial charge is 0.496 e. The van der Waals surface area contributed by atoms with Gasteiger partial charge in [-0.1, -0.05) is 39.0 Å². The van der Waals surface area contributed by atoms with Gasteiger partial charge in [0.25, 0.3) is 0 Å². The molecule has 5 nitrogen and oxygen atoms in total. The Labute approximate surface area is 178 Å². The summed E-state index contributed by atoms with van der Waals surface area (Å²) in [5, 5.41) is 3.95. The van der Waals surface area contributed by atoms with Crippen LogP contribution in [0.15, 0.2) is 48.7 Å². The molecule has 0 bridgehead atoms. The molecule has 1 aromatic heterocycles. The Kier molecular flexibility index (Phi) is 6.30. The Hall–Kier alpha value is -3.08. The average Bonchev–Trinajstić information content (AvgIpc) is 2.77. The van der Waals surface area contributed by atoms with E-state index in [1.165, 1.54) is 0 Å². The predicted molar refractivity (Wildman–Crippen MR) is 122 cm³/mol. The van der Waals surface area contributed by atoms with Gasteiger partial charge in [0.2, 0.25) is 5.91 Å². The van der Waals surface area contributed by atoms with E-state index in [4.69, 9.17) is 9.47 Å². The van der Waals surface area contributed by atoms with Crippen molar-refractivity contribution in [3.8, 4) is 11.5 Å². The van der Waals surface area contributed by atoms with Crippen LogP contribution in [-0.2, 0) is 10.2 Å². The molecular formula is C25H30N2O3. The molecule has 0 radical (unpaired) electrons. The number of para-hydroxylation sites is 1. The molecule has 5 heteroatoms. The molecule has 3 aromatic rings. The van der Waals surface area contributed by atoms with E-state index in [0.29, 0.717) is 17.2 Å². The highest BCUT2D eigenvalue weighted by atomic mass is 16.5. The molecular weight excluding hydrogens is 376 g/mol. The number of hydrogen-bond acceptors (Lipinski definition) is 4. The molecule has 1 heterocycles. The van der Waals surface area contributed by atoms with Crippen LogP contribution in [0.3, 0.4) is 0 Å². The third-order valence-electron chi connectivity index (χ3n) is 5.89. The lowest BCUT2D eigenvalue weighted by atomic mass is 9.80. The summed E-state index contributed by atoms with van der Waals surface area (Å²) in [4.78, 5) is 17.5. The number of carbonyl (C=O) groups excluding carboxylic acids is 1. The van der Waals surface area contributed by atoms with Gasteiger partial charge in [-0.05, 0) is 48.6 Å². The Bertz CT molecular complexity index is 1030. The molecule has 0 saturated heterocycles. The van der Waals surface area contributed by atoms with Crippen LogP contribution in [0.5, 0.6) is 11.5 Å². The molecule has 3 rings (SSSR count). The van der Waals surface area contributed by atoms with E-state index in [0.717, 1.165) is 28.5 Å². The minimum absolute atomic E-state index is 0.0264. The first-order valence-corrected chi connectivity index (χ1v) is 10.2. The monoisotopic (exact) mass is 406 g/mol. The number of hydrogen-bond donors (Lipinski definition) is 1. The number of amides is 1. The second-order valence-electron chi connectivity index (χ2n) is 8.16. The topological polar surface area (TPSA) is 60.5 Å². The first-order chi connectivity index (χ1) is 14.3. The standard InChI is InChI=1S/C25H30N2O3/c1-7-25(3,4)18-13-21(29-5)23(22(14-18)30-6)16(2)24(28)27-19-12-17-10-8-9-11-20(17)26-15-19/h8-16H,7H2,1-6H3,(H,27,28). The van der Waals surface area contributed by atoms with Gasteiger partial charge in [0, 0.05) is 10.9 Å². The lowest BCUT2D eigenvalue weighted by molar-refractivity contribution is -0.117. The number of nitrogens with zero attached hydrogens (tertiary/aromatic N) is 1. The van der Waals surface area contributed by atoms with Crippen molar-refractivity contribution in [2.45, 2.75) is 45.4 Å². The fraction of sp³-hybridized carbons (Fsp3) is 0.360. The van der Waals surface area contributed by atoms with Crippen molar-refractivity contribution in [3.63, 3.8) is 0 Å². The first kappa shape index (κ1) is 21.6. The highest BCUT2D eigenvalue weighted by Crippen LogP contribution is 2.41. The third kappa shape index (κ3) is 4.25. The summed E-state index contributed by atoms with van der Waals surface area (Å²) in [7, 11) is 3.25. The number of ether oxygens (including phenoxy) is 2. The zero-order chi connectivity index (χ0) is 21.9. The first-order valence-electron chi connectivity index (χ1n) is 10.2. The van der Waals surface area contributed by atoms with Crippen LogP contribution in [0.2, 0.25) is 0 Å². The van der Waals surface area contributed by atoms with E-state index in [-0.39, 0.29) is 11.3 Å². The summed E-state index contributed by atoms with van der Waals surface area (Å²) in [5.41, 5.74) is 3.38. The number of fused-ring (bicyclic) bond motifs is 1. The highest BCUT2D eigenvalue weighted by Gasteiger charge is 2.28. The molecule has 158 valence electrons. The van der Waals surface area contributed by atoms with Crippen molar-refractivity contribution >= 4 is 22.5 Å². The number of nitrogens with one attached hydrogen (secondary N) is 1. The van der Waals surface area contributed by atoms with Gasteiger partial charge >= 0.3 is 0 Å². The van der Waals surface area contributed by atoms with Crippen molar-refractivity contribution in [2.75, 3.05) is 19.5 Å². The lowest BCUT2D eigenvalue weighted by Crippen LogP contribution is -2.21. The summed E-state index contributed by atoms with van der Waals surface area (Å²) < 4.78 is 11.3. The van der Waals surface area contributed by atoms with Crippen LogP contribution in [0, 0.1) is 0 Å². The number of carbonyl (C=O) groups is 1. The Morgan fingerprint density at radius 3 is 2.33 bits per heavy atom. The van der Waals surface area contributed by atoms with Gasteiger partial charge in [0.1, 0.15) is 11.5 Å². The third-order valence-corrected chi connectivity index (χ3v) is 5.89. The second-order valence-corrected chi connectivity index (χ2v) is 8.16. The number of aromatic nitrogens is 1. The smallest absolute Gasteiger partial charge is 0.231 e. The van der Waals surface area contributed by atoms with E-state index in [1.54, 1.807) is 20.4 Å². The molecule has 30 heavy (non-hydrogen) atoms. The van der Waals surface area contributed by atoms with Crippen LogP contribution in [-0.4, -0.2) is 25.1 Å². The van der Waals surface area contributed by atoms with E-state index >= 15 is 0 Å². The number of anilines is 1. The summed E-state index contributed by atoms with van der Waals surface area (Å²) in [6.07, 6.45) is 2.65. The maximum atomic E-state index is 13.1. The van der Waals surface area contributed by atoms with Gasteiger partial charge in [-0.2, -0.15) is 0 Å². The summed E-state index contributed by atoms with van der Waals surface area (Å²) in [5.74, 6) is 0.696. The molecule has 0 aliphatic heterocycles. The molecule has 1 unspecified atom stereocenters. The van der Waals surface area contributed by atoms with E-state index in [1.807, 2.05) is 49.4 Å². The summed E-state index contributed by atoms with van der Waals surface area (Å²) in [6, 6.07) is 13.8. The second kappa shape index (κ2) is 8.74. The minimum Gasteiger partial charge on any atom is -0.496 e. The maximum Gasteiger partial charge on any atom is 0.231 e.